The number of fused-ring (bicyclic) bond motifs is 5. The first-order chi connectivity index (χ1) is 25.2. The Morgan fingerprint density at radius 1 is 0.373 bits per heavy atom. The number of aromatic nitrogens is 5. The van der Waals surface area contributed by atoms with Gasteiger partial charge in [0, 0.05) is 32.8 Å². The maximum absolute atomic E-state index is 6.02. The van der Waals surface area contributed by atoms with E-state index in [2.05, 4.69) is 72.8 Å². The fourth-order valence-corrected chi connectivity index (χ4v) is 6.81. The van der Waals surface area contributed by atoms with Crippen molar-refractivity contribution < 1.29 is 4.42 Å². The average molecular weight is 654 g/mol. The van der Waals surface area contributed by atoms with Gasteiger partial charge in [-0.3, -0.25) is 4.98 Å². The molecule has 0 aliphatic heterocycles. The third-order valence-corrected chi connectivity index (χ3v) is 9.35. The van der Waals surface area contributed by atoms with E-state index < -0.39 is 0 Å². The van der Waals surface area contributed by atoms with Crippen LogP contribution < -0.4 is 0 Å². The Hall–Kier alpha value is -7.05. The van der Waals surface area contributed by atoms with Crippen LogP contribution in [0.5, 0.6) is 0 Å². The summed E-state index contributed by atoms with van der Waals surface area (Å²) in [7, 11) is 0. The predicted octanol–water partition coefficient (Wildman–Crippen LogP) is 11.2. The molecule has 0 aliphatic carbocycles. The predicted molar refractivity (Wildman–Crippen MR) is 205 cm³/mol. The number of pyridine rings is 2. The zero-order valence-electron chi connectivity index (χ0n) is 27.2. The van der Waals surface area contributed by atoms with Crippen molar-refractivity contribution in [2.24, 2.45) is 0 Å². The van der Waals surface area contributed by atoms with Crippen LogP contribution >= 0.6 is 0 Å². The monoisotopic (exact) mass is 653 g/mol. The molecule has 6 heteroatoms. The largest absolute Gasteiger partial charge is 0.454 e. The Morgan fingerprint density at radius 3 is 1.78 bits per heavy atom. The first kappa shape index (κ1) is 28.9. The van der Waals surface area contributed by atoms with Crippen molar-refractivity contribution in [3.05, 3.63) is 164 Å². The van der Waals surface area contributed by atoms with Crippen molar-refractivity contribution in [3.8, 4) is 56.7 Å². The van der Waals surface area contributed by atoms with E-state index >= 15 is 0 Å². The van der Waals surface area contributed by atoms with Gasteiger partial charge in [-0.05, 0) is 58.3 Å². The fourth-order valence-electron chi connectivity index (χ4n) is 6.81. The molecule has 4 aromatic heterocycles. The molecule has 0 atom stereocenters. The maximum atomic E-state index is 6.02. The van der Waals surface area contributed by atoms with Crippen LogP contribution in [0.25, 0.3) is 100 Å². The van der Waals surface area contributed by atoms with Crippen molar-refractivity contribution in [1.29, 1.82) is 0 Å². The second-order valence-electron chi connectivity index (χ2n) is 12.6. The number of furan rings is 1. The average Bonchev–Trinajstić information content (AvgIpc) is 3.58. The van der Waals surface area contributed by atoms with Crippen LogP contribution in [0.1, 0.15) is 0 Å². The number of rotatable bonds is 5. The van der Waals surface area contributed by atoms with Crippen LogP contribution in [0.4, 0.5) is 0 Å². The Balaban J connectivity index is 1.12. The molecule has 4 heterocycles. The van der Waals surface area contributed by atoms with Gasteiger partial charge in [-0.25, -0.2) is 19.9 Å². The molecule has 0 spiro atoms. The van der Waals surface area contributed by atoms with E-state index in [0.29, 0.717) is 17.5 Å². The van der Waals surface area contributed by atoms with Crippen LogP contribution in [0.2, 0.25) is 0 Å². The van der Waals surface area contributed by atoms with E-state index in [1.54, 1.807) is 6.20 Å². The molecule has 0 saturated heterocycles. The van der Waals surface area contributed by atoms with E-state index in [-0.39, 0.29) is 0 Å². The van der Waals surface area contributed by atoms with E-state index in [1.165, 1.54) is 0 Å². The van der Waals surface area contributed by atoms with Crippen molar-refractivity contribution in [1.82, 2.24) is 24.9 Å². The number of hydrogen-bond donors (Lipinski definition) is 0. The topological polar surface area (TPSA) is 77.6 Å². The minimum atomic E-state index is 0.615. The molecule has 0 fully saturated rings. The lowest BCUT2D eigenvalue weighted by atomic mass is 9.94. The molecule has 0 aliphatic rings. The summed E-state index contributed by atoms with van der Waals surface area (Å²) in [5, 5.41) is 5.38. The molecular weight excluding hydrogens is 627 g/mol. The highest BCUT2D eigenvalue weighted by Gasteiger charge is 2.16. The number of para-hydroxylation sites is 1. The maximum Gasteiger partial charge on any atom is 0.164 e. The molecule has 238 valence electrons. The molecule has 10 aromatic rings. The van der Waals surface area contributed by atoms with E-state index in [0.717, 1.165) is 82.8 Å². The molecule has 0 N–H and O–H groups in total. The minimum Gasteiger partial charge on any atom is -0.454 e. The van der Waals surface area contributed by atoms with Crippen LogP contribution in [0, 0.1) is 0 Å². The zero-order valence-corrected chi connectivity index (χ0v) is 27.2. The van der Waals surface area contributed by atoms with Crippen LogP contribution in [-0.2, 0) is 0 Å². The van der Waals surface area contributed by atoms with E-state index in [1.807, 2.05) is 84.9 Å². The Morgan fingerprint density at radius 2 is 1.02 bits per heavy atom. The van der Waals surface area contributed by atoms with Gasteiger partial charge >= 0.3 is 0 Å². The molecule has 0 radical (unpaired) electrons. The molecule has 10 rings (SSSR count). The summed E-state index contributed by atoms with van der Waals surface area (Å²) in [6, 6.07) is 53.6. The van der Waals surface area contributed by atoms with Crippen molar-refractivity contribution in [2.45, 2.75) is 0 Å². The van der Waals surface area contributed by atoms with Crippen molar-refractivity contribution >= 4 is 43.6 Å². The van der Waals surface area contributed by atoms with Gasteiger partial charge in [0.05, 0.1) is 23.1 Å². The number of benzene rings is 6. The third-order valence-electron chi connectivity index (χ3n) is 9.35. The summed E-state index contributed by atoms with van der Waals surface area (Å²) in [5.41, 5.74) is 9.00. The van der Waals surface area contributed by atoms with Crippen LogP contribution in [0.3, 0.4) is 0 Å². The van der Waals surface area contributed by atoms with Gasteiger partial charge in [-0.1, -0.05) is 121 Å². The minimum absolute atomic E-state index is 0.615. The van der Waals surface area contributed by atoms with Gasteiger partial charge in [0.2, 0.25) is 0 Å². The SMILES string of the molecule is c1ccc(-c2nc(-c3ccccc3)nc(-c3cc(-c4ccc5ccc(-c6cc7c(cn6)oc6ccccc67)nc5c4)c4ccccc4c3)n2)cc1. The Labute approximate surface area is 292 Å². The van der Waals surface area contributed by atoms with Crippen LogP contribution in [-0.4, -0.2) is 24.9 Å². The standard InChI is InChI=1S/C45H27N5O/c1-3-11-29(12-4-1)43-48-44(30-13-5-2-6-14-30)50-45(49-43)33-23-31-15-7-8-16-34(31)36(24-33)32-20-19-28-21-22-38(47-39(28)25-32)40-26-37-35-17-9-10-18-41(35)51-42(37)27-46-40/h1-27H. The summed E-state index contributed by atoms with van der Waals surface area (Å²) in [4.78, 5) is 24.8. The Bertz CT molecular complexity index is 2860. The van der Waals surface area contributed by atoms with Crippen molar-refractivity contribution in [2.75, 3.05) is 0 Å². The molecule has 0 bridgehead atoms. The first-order valence-electron chi connectivity index (χ1n) is 16.8. The second kappa shape index (κ2) is 11.8. The molecule has 6 aromatic carbocycles. The molecule has 0 unspecified atom stereocenters. The zero-order chi connectivity index (χ0) is 33.7. The van der Waals surface area contributed by atoms with Gasteiger partial charge in [-0.2, -0.15) is 0 Å². The quantitative estimate of drug-likeness (QED) is 0.184. The molecular formula is C45H27N5O. The number of hydrogen-bond acceptors (Lipinski definition) is 6. The van der Waals surface area contributed by atoms with E-state index in [4.69, 9.17) is 29.3 Å². The number of nitrogens with zero attached hydrogens (tertiary/aromatic N) is 5. The van der Waals surface area contributed by atoms with E-state index in [9.17, 15) is 0 Å². The van der Waals surface area contributed by atoms with Gasteiger partial charge < -0.3 is 4.42 Å². The molecule has 6 nitrogen and oxygen atoms in total. The van der Waals surface area contributed by atoms with Crippen molar-refractivity contribution in [3.63, 3.8) is 0 Å². The van der Waals surface area contributed by atoms with Gasteiger partial charge in [0.1, 0.15) is 5.58 Å². The lowest BCUT2D eigenvalue weighted by Gasteiger charge is -2.13. The summed E-state index contributed by atoms with van der Waals surface area (Å²) >= 11 is 0. The highest BCUT2D eigenvalue weighted by Crippen LogP contribution is 2.36. The second-order valence-corrected chi connectivity index (χ2v) is 12.6. The summed E-state index contributed by atoms with van der Waals surface area (Å²) in [5.74, 6) is 1.88. The third kappa shape index (κ3) is 5.18. The highest BCUT2D eigenvalue weighted by molar-refractivity contribution is 6.06. The first-order valence-corrected chi connectivity index (χ1v) is 16.8. The van der Waals surface area contributed by atoms with Gasteiger partial charge in [0.15, 0.2) is 23.1 Å². The van der Waals surface area contributed by atoms with Gasteiger partial charge in [0.25, 0.3) is 0 Å². The lowest BCUT2D eigenvalue weighted by Crippen LogP contribution is -2.00. The van der Waals surface area contributed by atoms with Gasteiger partial charge in [-0.15, -0.1) is 0 Å². The lowest BCUT2D eigenvalue weighted by molar-refractivity contribution is 0.667. The molecule has 51 heavy (non-hydrogen) atoms. The summed E-state index contributed by atoms with van der Waals surface area (Å²) in [6.07, 6.45) is 1.79. The molecule has 0 amide bonds. The fraction of sp³-hybridized carbons (Fsp3) is 0. The highest BCUT2D eigenvalue weighted by atomic mass is 16.3. The molecule has 0 saturated carbocycles. The normalized spacial score (nSPS) is 11.5. The summed E-state index contributed by atoms with van der Waals surface area (Å²) in [6.45, 7) is 0. The smallest absolute Gasteiger partial charge is 0.164 e. The summed E-state index contributed by atoms with van der Waals surface area (Å²) < 4.78 is 6.02. The van der Waals surface area contributed by atoms with Crippen LogP contribution in [0.15, 0.2) is 168 Å². The Kier molecular flexibility index (Phi) is 6.70.